The molecule has 4 aliphatic rings. The van der Waals surface area contributed by atoms with E-state index >= 15 is 0 Å². The van der Waals surface area contributed by atoms with Crippen LogP contribution in [0.4, 0.5) is 5.69 Å². The molecule has 1 aromatic carbocycles. The smallest absolute Gasteiger partial charge is 0.310 e. The summed E-state index contributed by atoms with van der Waals surface area (Å²) in [7, 11) is 0. The highest BCUT2D eigenvalue weighted by molar-refractivity contribution is 8.21. The first-order valence-corrected chi connectivity index (χ1v) is 11.2. The first-order chi connectivity index (χ1) is 12.7. The SMILES string of the molecule is O=C1O[C@@H]2CCC3(SCCS3)C3=CC[C@H](C(=O)Nc4ccccc4)[C@H]1[C@@H]32. The van der Waals surface area contributed by atoms with Crippen LogP contribution in [-0.2, 0) is 14.3 Å². The highest BCUT2D eigenvalue weighted by Crippen LogP contribution is 2.62. The van der Waals surface area contributed by atoms with E-state index in [1.54, 1.807) is 0 Å². The van der Waals surface area contributed by atoms with E-state index in [0.717, 1.165) is 30.0 Å². The molecule has 26 heavy (non-hydrogen) atoms. The Bertz CT molecular complexity index is 773. The molecule has 0 aromatic heterocycles. The molecular weight excluding hydrogens is 366 g/mol. The van der Waals surface area contributed by atoms with Gasteiger partial charge in [0.05, 0.1) is 15.9 Å². The fraction of sp³-hybridized carbons (Fsp3) is 0.500. The van der Waals surface area contributed by atoms with Crippen molar-refractivity contribution in [1.82, 2.24) is 0 Å². The number of anilines is 1. The Morgan fingerprint density at radius 3 is 2.69 bits per heavy atom. The Morgan fingerprint density at radius 1 is 1.15 bits per heavy atom. The van der Waals surface area contributed by atoms with Crippen molar-refractivity contribution in [2.45, 2.75) is 29.4 Å². The first-order valence-electron chi connectivity index (χ1n) is 9.23. The Balaban J connectivity index is 1.46. The number of nitrogens with one attached hydrogen (secondary N) is 1. The van der Waals surface area contributed by atoms with Crippen LogP contribution in [0.5, 0.6) is 0 Å². The van der Waals surface area contributed by atoms with Crippen LogP contribution in [-0.4, -0.2) is 33.6 Å². The molecule has 4 nitrogen and oxygen atoms in total. The molecule has 0 bridgehead atoms. The molecular formula is C20H21NO3S2. The largest absolute Gasteiger partial charge is 0.461 e. The Hall–Kier alpha value is -1.40. The van der Waals surface area contributed by atoms with Gasteiger partial charge < -0.3 is 10.1 Å². The van der Waals surface area contributed by atoms with E-state index in [0.29, 0.717) is 6.42 Å². The lowest BCUT2D eigenvalue weighted by atomic mass is 9.66. The third-order valence-corrected chi connectivity index (χ3v) is 9.64. The average Bonchev–Trinajstić information content (AvgIpc) is 3.26. The molecule has 0 radical (unpaired) electrons. The maximum absolute atomic E-state index is 12.9. The first kappa shape index (κ1) is 16.8. The third kappa shape index (κ3) is 2.53. The molecule has 4 atom stereocenters. The molecule has 1 N–H and O–H groups in total. The number of hydrogen-bond donors (Lipinski definition) is 1. The summed E-state index contributed by atoms with van der Waals surface area (Å²) >= 11 is 4.05. The molecule has 2 heterocycles. The summed E-state index contributed by atoms with van der Waals surface area (Å²) in [4.78, 5) is 25.6. The van der Waals surface area contributed by atoms with Crippen LogP contribution < -0.4 is 5.32 Å². The van der Waals surface area contributed by atoms with Crippen LogP contribution in [0.1, 0.15) is 19.3 Å². The predicted molar refractivity (Wildman–Crippen MR) is 105 cm³/mol. The van der Waals surface area contributed by atoms with Crippen LogP contribution in [0.3, 0.4) is 0 Å². The van der Waals surface area contributed by atoms with Gasteiger partial charge in [-0.25, -0.2) is 0 Å². The molecule has 1 spiro atoms. The Labute approximate surface area is 161 Å². The Morgan fingerprint density at radius 2 is 1.92 bits per heavy atom. The van der Waals surface area contributed by atoms with Gasteiger partial charge in [0, 0.05) is 23.1 Å². The van der Waals surface area contributed by atoms with Crippen LogP contribution in [0.2, 0.25) is 0 Å². The molecule has 1 aromatic rings. The van der Waals surface area contributed by atoms with Crippen LogP contribution in [0.25, 0.3) is 0 Å². The van der Waals surface area contributed by atoms with Crippen molar-refractivity contribution in [3.05, 3.63) is 42.0 Å². The van der Waals surface area contributed by atoms with Crippen molar-refractivity contribution in [3.63, 3.8) is 0 Å². The van der Waals surface area contributed by atoms with E-state index in [1.807, 2.05) is 53.9 Å². The number of thioether (sulfide) groups is 2. The van der Waals surface area contributed by atoms with E-state index < -0.39 is 0 Å². The van der Waals surface area contributed by atoms with E-state index in [1.165, 1.54) is 5.57 Å². The molecule has 3 fully saturated rings. The van der Waals surface area contributed by atoms with Gasteiger partial charge >= 0.3 is 5.97 Å². The number of esters is 1. The minimum absolute atomic E-state index is 0.0431. The van der Waals surface area contributed by atoms with Gasteiger partial charge in [-0.05, 0) is 37.0 Å². The van der Waals surface area contributed by atoms with Crippen molar-refractivity contribution >= 4 is 41.1 Å². The summed E-state index contributed by atoms with van der Waals surface area (Å²) in [6.07, 6.45) is 4.82. The number of amides is 1. The zero-order chi connectivity index (χ0) is 17.7. The molecule has 5 rings (SSSR count). The lowest BCUT2D eigenvalue weighted by molar-refractivity contribution is -0.147. The number of carbonyl (C=O) groups excluding carboxylic acids is 2. The fourth-order valence-electron chi connectivity index (χ4n) is 4.94. The lowest BCUT2D eigenvalue weighted by Crippen LogP contribution is -2.45. The quantitative estimate of drug-likeness (QED) is 0.619. The maximum atomic E-state index is 12.9. The zero-order valence-corrected chi connectivity index (χ0v) is 16.0. The monoisotopic (exact) mass is 387 g/mol. The molecule has 1 amide bonds. The van der Waals surface area contributed by atoms with Crippen molar-refractivity contribution in [3.8, 4) is 0 Å². The summed E-state index contributed by atoms with van der Waals surface area (Å²) in [5.41, 5.74) is 2.15. The van der Waals surface area contributed by atoms with Crippen molar-refractivity contribution in [2.75, 3.05) is 16.8 Å². The number of ether oxygens (including phenoxy) is 1. The molecule has 0 unspecified atom stereocenters. The van der Waals surface area contributed by atoms with E-state index in [4.69, 9.17) is 4.74 Å². The number of allylic oxidation sites excluding steroid dienone is 1. The van der Waals surface area contributed by atoms with Crippen LogP contribution in [0, 0.1) is 17.8 Å². The predicted octanol–water partition coefficient (Wildman–Crippen LogP) is 3.70. The minimum atomic E-state index is -0.340. The average molecular weight is 388 g/mol. The van der Waals surface area contributed by atoms with Crippen molar-refractivity contribution in [1.29, 1.82) is 0 Å². The van der Waals surface area contributed by atoms with Gasteiger partial charge in [0.25, 0.3) is 0 Å². The van der Waals surface area contributed by atoms with Gasteiger partial charge in [-0.1, -0.05) is 24.3 Å². The van der Waals surface area contributed by atoms with Gasteiger partial charge in [0.1, 0.15) is 6.10 Å². The fourth-order valence-corrected chi connectivity index (χ4v) is 8.40. The third-order valence-electron chi connectivity index (χ3n) is 6.04. The van der Waals surface area contributed by atoms with E-state index in [2.05, 4.69) is 11.4 Å². The van der Waals surface area contributed by atoms with Crippen LogP contribution in [0.15, 0.2) is 42.0 Å². The van der Waals surface area contributed by atoms with E-state index in [9.17, 15) is 9.59 Å². The summed E-state index contributed by atoms with van der Waals surface area (Å²) in [6, 6.07) is 9.46. The summed E-state index contributed by atoms with van der Waals surface area (Å²) in [6.45, 7) is 0. The molecule has 6 heteroatoms. The second kappa shape index (κ2) is 6.34. The molecule has 2 aliphatic carbocycles. The van der Waals surface area contributed by atoms with Crippen molar-refractivity contribution in [2.24, 2.45) is 17.8 Å². The van der Waals surface area contributed by atoms with E-state index in [-0.39, 0.29) is 39.8 Å². The maximum Gasteiger partial charge on any atom is 0.310 e. The molecule has 1 saturated carbocycles. The van der Waals surface area contributed by atoms with Gasteiger partial charge in [-0.3, -0.25) is 9.59 Å². The summed E-state index contributed by atoms with van der Waals surface area (Å²) in [5.74, 6) is 1.49. The second-order valence-electron chi connectivity index (χ2n) is 7.37. The number of para-hydroxylation sites is 1. The topological polar surface area (TPSA) is 55.4 Å². The van der Waals surface area contributed by atoms with Crippen LogP contribution >= 0.6 is 23.5 Å². The van der Waals surface area contributed by atoms with Gasteiger partial charge in [-0.15, -0.1) is 23.5 Å². The molecule has 2 aliphatic heterocycles. The standard InChI is InChI=1S/C20H21NO3S2/c22-18(21-12-4-2-1-3-5-12)13-6-7-14-17-15(24-19(23)16(13)17)8-9-20(14)25-10-11-26-20/h1-5,7,13,15-17H,6,8-11H2,(H,21,22)/t13-,15+,16-,17-/m0/s1. The number of rotatable bonds is 2. The van der Waals surface area contributed by atoms with Gasteiger partial charge in [0.2, 0.25) is 5.91 Å². The minimum Gasteiger partial charge on any atom is -0.461 e. The second-order valence-corrected chi connectivity index (χ2v) is 10.4. The van der Waals surface area contributed by atoms with Gasteiger partial charge in [0.15, 0.2) is 0 Å². The molecule has 136 valence electrons. The highest BCUT2D eigenvalue weighted by atomic mass is 32.2. The number of hydrogen-bond acceptors (Lipinski definition) is 5. The van der Waals surface area contributed by atoms with Crippen molar-refractivity contribution < 1.29 is 14.3 Å². The number of benzene rings is 1. The zero-order valence-electron chi connectivity index (χ0n) is 14.4. The summed E-state index contributed by atoms with van der Waals surface area (Å²) < 4.78 is 5.85. The normalized spacial score (nSPS) is 34.2. The van der Waals surface area contributed by atoms with Gasteiger partial charge in [-0.2, -0.15) is 0 Å². The Kier molecular flexibility index (Phi) is 4.09. The highest BCUT2D eigenvalue weighted by Gasteiger charge is 2.60. The molecule has 2 saturated heterocycles. The number of carbonyl (C=O) groups is 2. The number of fused-ring (bicyclic) bond motifs is 1. The summed E-state index contributed by atoms with van der Waals surface area (Å²) in [5, 5.41) is 2.99. The lowest BCUT2D eigenvalue weighted by Gasteiger charge is -2.44.